The van der Waals surface area contributed by atoms with Crippen LogP contribution in [0.25, 0.3) is 0 Å². The third kappa shape index (κ3) is 7.04. The molecular formula is C12H22N2O2. The number of carbonyl (C=O) groups is 1. The highest BCUT2D eigenvalue weighted by molar-refractivity contribution is 5.32. The lowest BCUT2D eigenvalue weighted by Gasteiger charge is -2.01. The maximum atomic E-state index is 8.36. The fourth-order valence-electron chi connectivity index (χ4n) is 1.52. The molecule has 0 amide bonds. The lowest BCUT2D eigenvalue weighted by molar-refractivity contribution is -0.122. The van der Waals surface area contributed by atoms with Crippen molar-refractivity contribution in [1.29, 1.82) is 0 Å². The topological polar surface area (TPSA) is 55.1 Å². The Balaban J connectivity index is 0.000000673. The third-order valence-corrected chi connectivity index (χ3v) is 2.42. The molecule has 1 heterocycles. The molecule has 0 bridgehead atoms. The van der Waals surface area contributed by atoms with E-state index < -0.39 is 0 Å². The first-order chi connectivity index (χ1) is 7.76. The van der Waals surface area contributed by atoms with Crippen LogP contribution in [0.15, 0.2) is 12.4 Å². The highest BCUT2D eigenvalue weighted by Crippen LogP contribution is 2.06. The van der Waals surface area contributed by atoms with Crippen LogP contribution in [0.5, 0.6) is 0 Å². The van der Waals surface area contributed by atoms with E-state index in [1.807, 2.05) is 12.4 Å². The standard InChI is InChI=1S/C11H20N2.CH2O2/c1-3-4-5-6-7-8-11-12-9-10-13(11)2;2-1-3/h9-10H,3-8H2,1-2H3;1H,(H,2,3). The van der Waals surface area contributed by atoms with E-state index in [1.165, 1.54) is 37.9 Å². The van der Waals surface area contributed by atoms with E-state index in [0.717, 1.165) is 6.42 Å². The van der Waals surface area contributed by atoms with Crippen molar-refractivity contribution in [3.05, 3.63) is 18.2 Å². The van der Waals surface area contributed by atoms with Crippen LogP contribution in [0.4, 0.5) is 0 Å². The second kappa shape index (κ2) is 10.2. The summed E-state index contributed by atoms with van der Waals surface area (Å²) in [4.78, 5) is 12.7. The number of imidazole rings is 1. The van der Waals surface area contributed by atoms with E-state index in [-0.39, 0.29) is 6.47 Å². The second-order valence-electron chi connectivity index (χ2n) is 3.72. The number of rotatable bonds is 6. The Morgan fingerprint density at radius 2 is 2.00 bits per heavy atom. The molecule has 0 fully saturated rings. The Bertz CT molecular complexity index is 272. The van der Waals surface area contributed by atoms with Gasteiger partial charge in [-0.05, 0) is 6.42 Å². The summed E-state index contributed by atoms with van der Waals surface area (Å²) in [6.45, 7) is 2.00. The minimum Gasteiger partial charge on any atom is -0.483 e. The van der Waals surface area contributed by atoms with E-state index >= 15 is 0 Å². The zero-order valence-corrected chi connectivity index (χ0v) is 10.2. The number of carboxylic acid groups (broad SMARTS) is 1. The summed E-state index contributed by atoms with van der Waals surface area (Å²) in [7, 11) is 2.06. The summed E-state index contributed by atoms with van der Waals surface area (Å²) in [5.74, 6) is 1.22. The first-order valence-electron chi connectivity index (χ1n) is 5.80. The lowest BCUT2D eigenvalue weighted by Crippen LogP contribution is -1.96. The van der Waals surface area contributed by atoms with Crippen molar-refractivity contribution in [3.8, 4) is 0 Å². The third-order valence-electron chi connectivity index (χ3n) is 2.42. The Labute approximate surface area is 97.3 Å². The van der Waals surface area contributed by atoms with Gasteiger partial charge in [-0.25, -0.2) is 4.98 Å². The lowest BCUT2D eigenvalue weighted by atomic mass is 10.1. The summed E-state index contributed by atoms with van der Waals surface area (Å²) in [6.07, 6.45) is 11.7. The predicted molar refractivity (Wildman–Crippen MR) is 64.4 cm³/mol. The molecule has 0 spiro atoms. The van der Waals surface area contributed by atoms with Crippen molar-refractivity contribution >= 4 is 6.47 Å². The normalized spacial score (nSPS) is 9.38. The quantitative estimate of drug-likeness (QED) is 0.599. The van der Waals surface area contributed by atoms with Crippen LogP contribution < -0.4 is 0 Å². The summed E-state index contributed by atoms with van der Waals surface area (Å²) < 4.78 is 2.11. The second-order valence-corrected chi connectivity index (χ2v) is 3.72. The largest absolute Gasteiger partial charge is 0.483 e. The highest BCUT2D eigenvalue weighted by atomic mass is 16.3. The first kappa shape index (κ1) is 14.7. The molecular weight excluding hydrogens is 204 g/mol. The van der Waals surface area contributed by atoms with Crippen LogP contribution in [0, 0.1) is 0 Å². The summed E-state index contributed by atoms with van der Waals surface area (Å²) in [6, 6.07) is 0. The molecule has 4 heteroatoms. The van der Waals surface area contributed by atoms with E-state index in [4.69, 9.17) is 9.90 Å². The molecule has 1 N–H and O–H groups in total. The molecule has 0 saturated heterocycles. The number of unbranched alkanes of at least 4 members (excludes halogenated alkanes) is 4. The van der Waals surface area contributed by atoms with Gasteiger partial charge in [-0.1, -0.05) is 32.6 Å². The van der Waals surface area contributed by atoms with Crippen molar-refractivity contribution < 1.29 is 9.90 Å². The van der Waals surface area contributed by atoms with Gasteiger partial charge in [-0.2, -0.15) is 0 Å². The molecule has 0 radical (unpaired) electrons. The Morgan fingerprint density at radius 3 is 2.50 bits per heavy atom. The molecule has 4 nitrogen and oxygen atoms in total. The molecule has 0 unspecified atom stereocenters. The minimum atomic E-state index is -0.250. The monoisotopic (exact) mass is 226 g/mol. The smallest absolute Gasteiger partial charge is 0.290 e. The van der Waals surface area contributed by atoms with Gasteiger partial charge in [0.15, 0.2) is 0 Å². The van der Waals surface area contributed by atoms with Gasteiger partial charge in [0.2, 0.25) is 0 Å². The average Bonchev–Trinajstić information content (AvgIpc) is 2.65. The zero-order valence-electron chi connectivity index (χ0n) is 10.2. The van der Waals surface area contributed by atoms with Crippen molar-refractivity contribution in [2.75, 3.05) is 0 Å². The van der Waals surface area contributed by atoms with Gasteiger partial charge in [0.05, 0.1) is 0 Å². The van der Waals surface area contributed by atoms with Gasteiger partial charge < -0.3 is 9.67 Å². The molecule has 1 rings (SSSR count). The summed E-state index contributed by atoms with van der Waals surface area (Å²) >= 11 is 0. The van der Waals surface area contributed by atoms with Gasteiger partial charge in [0.1, 0.15) is 5.82 Å². The predicted octanol–water partition coefficient (Wildman–Crippen LogP) is 2.63. The molecule has 16 heavy (non-hydrogen) atoms. The fraction of sp³-hybridized carbons (Fsp3) is 0.667. The van der Waals surface area contributed by atoms with Gasteiger partial charge in [-0.15, -0.1) is 0 Å². The zero-order chi connectivity index (χ0) is 12.2. The van der Waals surface area contributed by atoms with Crippen LogP contribution in [0.1, 0.15) is 44.9 Å². The number of nitrogens with zero attached hydrogens (tertiary/aromatic N) is 2. The molecule has 0 aliphatic carbocycles. The molecule has 0 aliphatic rings. The Kier molecular flexibility index (Phi) is 9.36. The number of aromatic nitrogens is 2. The first-order valence-corrected chi connectivity index (χ1v) is 5.80. The SMILES string of the molecule is CCCCCCCc1nccn1C.O=CO. The van der Waals surface area contributed by atoms with E-state index in [2.05, 4.69) is 23.5 Å². The van der Waals surface area contributed by atoms with Crippen LogP contribution >= 0.6 is 0 Å². The minimum absolute atomic E-state index is 0.250. The maximum absolute atomic E-state index is 8.36. The van der Waals surface area contributed by atoms with Gasteiger partial charge >= 0.3 is 0 Å². The number of aryl methyl sites for hydroxylation is 2. The van der Waals surface area contributed by atoms with Crippen molar-refractivity contribution in [2.45, 2.75) is 45.4 Å². The van der Waals surface area contributed by atoms with E-state index in [0.29, 0.717) is 0 Å². The molecule has 0 atom stereocenters. The maximum Gasteiger partial charge on any atom is 0.290 e. The molecule has 0 aromatic carbocycles. The van der Waals surface area contributed by atoms with Crippen LogP contribution in [0.3, 0.4) is 0 Å². The highest BCUT2D eigenvalue weighted by Gasteiger charge is 1.97. The molecule has 0 saturated carbocycles. The summed E-state index contributed by atoms with van der Waals surface area (Å²) in [5, 5.41) is 6.89. The number of hydrogen-bond donors (Lipinski definition) is 1. The molecule has 92 valence electrons. The fourth-order valence-corrected chi connectivity index (χ4v) is 1.52. The van der Waals surface area contributed by atoms with E-state index in [1.54, 1.807) is 0 Å². The number of hydrogen-bond acceptors (Lipinski definition) is 2. The van der Waals surface area contributed by atoms with Crippen molar-refractivity contribution in [1.82, 2.24) is 9.55 Å². The van der Waals surface area contributed by atoms with Crippen molar-refractivity contribution in [3.63, 3.8) is 0 Å². The van der Waals surface area contributed by atoms with Crippen molar-refractivity contribution in [2.24, 2.45) is 7.05 Å². The van der Waals surface area contributed by atoms with Gasteiger partial charge in [0, 0.05) is 25.9 Å². The van der Waals surface area contributed by atoms with Crippen LogP contribution in [-0.4, -0.2) is 21.1 Å². The van der Waals surface area contributed by atoms with Gasteiger partial charge in [0.25, 0.3) is 6.47 Å². The van der Waals surface area contributed by atoms with Gasteiger partial charge in [-0.3, -0.25) is 4.79 Å². The average molecular weight is 226 g/mol. The van der Waals surface area contributed by atoms with E-state index in [9.17, 15) is 0 Å². The molecule has 1 aromatic rings. The Morgan fingerprint density at radius 1 is 1.38 bits per heavy atom. The molecule has 0 aliphatic heterocycles. The molecule has 1 aromatic heterocycles. The Hall–Kier alpha value is -1.32. The van der Waals surface area contributed by atoms with Crippen LogP contribution in [-0.2, 0) is 18.3 Å². The van der Waals surface area contributed by atoms with Crippen LogP contribution in [0.2, 0.25) is 0 Å². The summed E-state index contributed by atoms with van der Waals surface area (Å²) in [5.41, 5.74) is 0.